The lowest BCUT2D eigenvalue weighted by Gasteiger charge is -2.40. The molecule has 27 heavy (non-hydrogen) atoms. The molecule has 0 aliphatic carbocycles. The maximum atomic E-state index is 13.1. The largest absolute Gasteiger partial charge is 0.353 e. The van der Waals surface area contributed by atoms with Gasteiger partial charge < -0.3 is 10.2 Å². The third-order valence-corrected chi connectivity index (χ3v) is 6.24. The van der Waals surface area contributed by atoms with Crippen molar-refractivity contribution in [3.63, 3.8) is 0 Å². The van der Waals surface area contributed by atoms with Gasteiger partial charge in [0.05, 0.1) is 18.4 Å². The summed E-state index contributed by atoms with van der Waals surface area (Å²) in [6.07, 6.45) is 2.94. The van der Waals surface area contributed by atoms with Crippen molar-refractivity contribution in [2.45, 2.75) is 51.6 Å². The van der Waals surface area contributed by atoms with Crippen molar-refractivity contribution < 1.29 is 9.59 Å². The summed E-state index contributed by atoms with van der Waals surface area (Å²) >= 11 is 1.60. The summed E-state index contributed by atoms with van der Waals surface area (Å²) in [6.45, 7) is 4.58. The first-order valence-electron chi connectivity index (χ1n) is 9.75. The Hall–Kier alpha value is -2.14. The number of carbonyl (C=O) groups excluding carboxylic acids is 2. The first-order valence-corrected chi connectivity index (χ1v) is 10.6. The van der Waals surface area contributed by atoms with E-state index in [4.69, 9.17) is 0 Å². The maximum absolute atomic E-state index is 13.1. The standard InChI is InChI=1S/C22H28N2O2S/c1-3-16(2)23-22(26)18-11-12-20(17-8-5-4-6-9-17)24(15-18)21(25)14-19-10-7-13-27-19/h4-10,13,16,18,20H,3,11-12,14-15H2,1-2H3,(H,23,26). The molecule has 0 saturated carbocycles. The van der Waals surface area contributed by atoms with Crippen LogP contribution in [0.4, 0.5) is 0 Å². The average Bonchev–Trinajstić information content (AvgIpc) is 3.21. The van der Waals surface area contributed by atoms with Crippen LogP contribution in [0.1, 0.15) is 49.6 Å². The van der Waals surface area contributed by atoms with E-state index in [9.17, 15) is 9.59 Å². The third kappa shape index (κ3) is 4.98. The zero-order valence-electron chi connectivity index (χ0n) is 16.1. The Bertz CT molecular complexity index is 745. The Morgan fingerprint density at radius 1 is 1.19 bits per heavy atom. The average molecular weight is 385 g/mol. The van der Waals surface area contributed by atoms with E-state index in [1.54, 1.807) is 11.3 Å². The van der Waals surface area contributed by atoms with Gasteiger partial charge in [0, 0.05) is 17.5 Å². The number of rotatable bonds is 6. The summed E-state index contributed by atoms with van der Waals surface area (Å²) in [7, 11) is 0. The normalized spacial score (nSPS) is 20.9. The molecule has 3 unspecified atom stereocenters. The van der Waals surface area contributed by atoms with Crippen LogP contribution in [0.15, 0.2) is 47.8 Å². The van der Waals surface area contributed by atoms with Gasteiger partial charge in [0.25, 0.3) is 0 Å². The molecule has 1 aromatic carbocycles. The Labute approximate surface area is 165 Å². The van der Waals surface area contributed by atoms with Crippen molar-refractivity contribution in [2.75, 3.05) is 6.54 Å². The van der Waals surface area contributed by atoms with E-state index in [1.807, 2.05) is 47.5 Å². The highest BCUT2D eigenvalue weighted by Gasteiger charge is 2.35. The highest BCUT2D eigenvalue weighted by Crippen LogP contribution is 2.34. The van der Waals surface area contributed by atoms with E-state index >= 15 is 0 Å². The highest BCUT2D eigenvalue weighted by molar-refractivity contribution is 7.10. The predicted octanol–water partition coefficient (Wildman–Crippen LogP) is 4.19. The van der Waals surface area contributed by atoms with Crippen molar-refractivity contribution in [3.05, 3.63) is 58.3 Å². The van der Waals surface area contributed by atoms with Gasteiger partial charge in [0.1, 0.15) is 0 Å². The minimum atomic E-state index is -0.133. The highest BCUT2D eigenvalue weighted by atomic mass is 32.1. The molecule has 2 amide bonds. The van der Waals surface area contributed by atoms with Crippen LogP contribution in [0.25, 0.3) is 0 Å². The van der Waals surface area contributed by atoms with Crippen LogP contribution in [0.3, 0.4) is 0 Å². The van der Waals surface area contributed by atoms with Gasteiger partial charge in [-0.2, -0.15) is 0 Å². The summed E-state index contributed by atoms with van der Waals surface area (Å²) in [6, 6.07) is 14.4. The second kappa shape index (κ2) is 9.18. The summed E-state index contributed by atoms with van der Waals surface area (Å²) < 4.78 is 0. The lowest BCUT2D eigenvalue weighted by atomic mass is 9.88. The molecule has 1 N–H and O–H groups in total. The number of benzene rings is 1. The number of carbonyl (C=O) groups is 2. The van der Waals surface area contributed by atoms with Gasteiger partial charge in [-0.25, -0.2) is 0 Å². The SMILES string of the molecule is CCC(C)NC(=O)C1CCC(c2ccccc2)N(C(=O)Cc2cccs2)C1. The molecule has 1 saturated heterocycles. The topological polar surface area (TPSA) is 49.4 Å². The Balaban J connectivity index is 1.77. The van der Waals surface area contributed by atoms with Crippen LogP contribution < -0.4 is 5.32 Å². The molecule has 4 nitrogen and oxygen atoms in total. The minimum Gasteiger partial charge on any atom is -0.353 e. The van der Waals surface area contributed by atoms with Gasteiger partial charge in [-0.05, 0) is 43.2 Å². The lowest BCUT2D eigenvalue weighted by Crippen LogP contribution is -2.48. The number of thiophene rings is 1. The van der Waals surface area contributed by atoms with E-state index in [0.717, 1.165) is 29.7 Å². The predicted molar refractivity (Wildman–Crippen MR) is 110 cm³/mol. The van der Waals surface area contributed by atoms with Crippen molar-refractivity contribution in [1.82, 2.24) is 10.2 Å². The monoisotopic (exact) mass is 384 g/mol. The quantitative estimate of drug-likeness (QED) is 0.812. The van der Waals surface area contributed by atoms with Crippen LogP contribution in [0.2, 0.25) is 0 Å². The summed E-state index contributed by atoms with van der Waals surface area (Å²) in [4.78, 5) is 28.7. The Morgan fingerprint density at radius 2 is 1.96 bits per heavy atom. The molecule has 2 heterocycles. The molecule has 0 bridgehead atoms. The van der Waals surface area contributed by atoms with Crippen molar-refractivity contribution >= 4 is 23.2 Å². The second-order valence-corrected chi connectivity index (χ2v) is 8.35. The molecule has 1 fully saturated rings. The number of piperidine rings is 1. The second-order valence-electron chi connectivity index (χ2n) is 7.32. The third-order valence-electron chi connectivity index (χ3n) is 5.36. The maximum Gasteiger partial charge on any atom is 0.228 e. The molecule has 0 spiro atoms. The number of likely N-dealkylation sites (tertiary alicyclic amines) is 1. The van der Waals surface area contributed by atoms with Crippen molar-refractivity contribution in [2.24, 2.45) is 5.92 Å². The van der Waals surface area contributed by atoms with Gasteiger partial charge in [-0.1, -0.05) is 43.3 Å². The fourth-order valence-electron chi connectivity index (χ4n) is 3.61. The van der Waals surface area contributed by atoms with Crippen molar-refractivity contribution in [3.8, 4) is 0 Å². The minimum absolute atomic E-state index is 0.0475. The first-order chi connectivity index (χ1) is 13.1. The molecule has 144 valence electrons. The Kier molecular flexibility index (Phi) is 6.67. The number of hydrogen-bond acceptors (Lipinski definition) is 3. The van der Waals surface area contributed by atoms with E-state index in [-0.39, 0.29) is 29.8 Å². The number of amides is 2. The summed E-state index contributed by atoms with van der Waals surface area (Å²) in [5.41, 5.74) is 1.15. The van der Waals surface area contributed by atoms with Crippen LogP contribution in [-0.4, -0.2) is 29.3 Å². The van der Waals surface area contributed by atoms with Crippen LogP contribution in [0.5, 0.6) is 0 Å². The number of nitrogens with one attached hydrogen (secondary N) is 1. The van der Waals surface area contributed by atoms with Gasteiger partial charge in [-0.15, -0.1) is 11.3 Å². The molecule has 5 heteroatoms. The van der Waals surface area contributed by atoms with Crippen LogP contribution >= 0.6 is 11.3 Å². The molecular formula is C22H28N2O2S. The lowest BCUT2D eigenvalue weighted by molar-refractivity contribution is -0.138. The first kappa shape index (κ1) is 19.6. The fraction of sp³-hybridized carbons (Fsp3) is 0.455. The van der Waals surface area contributed by atoms with E-state index < -0.39 is 0 Å². The number of nitrogens with zero attached hydrogens (tertiary/aromatic N) is 1. The molecular weight excluding hydrogens is 356 g/mol. The van der Waals surface area contributed by atoms with E-state index in [1.165, 1.54) is 0 Å². The van der Waals surface area contributed by atoms with E-state index in [2.05, 4.69) is 24.4 Å². The number of hydrogen-bond donors (Lipinski definition) is 1. The van der Waals surface area contributed by atoms with Crippen LogP contribution in [-0.2, 0) is 16.0 Å². The fourth-order valence-corrected chi connectivity index (χ4v) is 4.30. The molecule has 0 radical (unpaired) electrons. The van der Waals surface area contributed by atoms with Gasteiger partial charge in [0.15, 0.2) is 0 Å². The van der Waals surface area contributed by atoms with Gasteiger partial charge in [0.2, 0.25) is 11.8 Å². The van der Waals surface area contributed by atoms with Crippen LogP contribution in [0, 0.1) is 5.92 Å². The molecule has 3 rings (SSSR count). The molecule has 1 aromatic heterocycles. The van der Waals surface area contributed by atoms with Gasteiger partial charge >= 0.3 is 0 Å². The smallest absolute Gasteiger partial charge is 0.228 e. The van der Waals surface area contributed by atoms with E-state index in [0.29, 0.717) is 13.0 Å². The van der Waals surface area contributed by atoms with Gasteiger partial charge in [-0.3, -0.25) is 9.59 Å². The molecule has 1 aliphatic heterocycles. The molecule has 2 aromatic rings. The molecule has 1 aliphatic rings. The van der Waals surface area contributed by atoms with Crippen molar-refractivity contribution in [1.29, 1.82) is 0 Å². The summed E-state index contributed by atoms with van der Waals surface area (Å²) in [5.74, 6) is 0.0448. The summed E-state index contributed by atoms with van der Waals surface area (Å²) in [5, 5.41) is 5.08. The Morgan fingerprint density at radius 3 is 2.63 bits per heavy atom. The molecule has 3 atom stereocenters. The zero-order chi connectivity index (χ0) is 19.2. The zero-order valence-corrected chi connectivity index (χ0v) is 16.9.